The van der Waals surface area contributed by atoms with Crippen LogP contribution < -0.4 is 4.72 Å². The molecule has 19 heavy (non-hydrogen) atoms. The minimum Gasteiger partial charge on any atom is -0.478 e. The number of aromatic nitrogens is 1. The number of sulfonamides is 1. The van der Waals surface area contributed by atoms with E-state index in [0.717, 1.165) is 6.42 Å². The van der Waals surface area contributed by atoms with Crippen LogP contribution in [0.2, 0.25) is 0 Å². The van der Waals surface area contributed by atoms with Crippen LogP contribution in [0.15, 0.2) is 18.5 Å². The van der Waals surface area contributed by atoms with Crippen molar-refractivity contribution in [1.82, 2.24) is 4.98 Å². The van der Waals surface area contributed by atoms with Crippen molar-refractivity contribution in [3.63, 3.8) is 0 Å². The highest BCUT2D eigenvalue weighted by Crippen LogP contribution is 2.18. The van der Waals surface area contributed by atoms with E-state index < -0.39 is 16.0 Å². The molecular formula is C11H14N2O5S. The van der Waals surface area contributed by atoms with Gasteiger partial charge in [0.2, 0.25) is 10.0 Å². The van der Waals surface area contributed by atoms with Crippen LogP contribution >= 0.6 is 0 Å². The number of carbonyl (C=O) groups is 1. The van der Waals surface area contributed by atoms with Crippen LogP contribution in [0.25, 0.3) is 0 Å². The summed E-state index contributed by atoms with van der Waals surface area (Å²) in [5.74, 6) is -1.39. The molecule has 0 aliphatic carbocycles. The van der Waals surface area contributed by atoms with E-state index in [1.807, 2.05) is 0 Å². The van der Waals surface area contributed by atoms with Gasteiger partial charge in [0.15, 0.2) is 0 Å². The Morgan fingerprint density at radius 1 is 1.58 bits per heavy atom. The van der Waals surface area contributed by atoms with Gasteiger partial charge in [0.25, 0.3) is 0 Å². The molecule has 2 rings (SSSR count). The first-order valence-electron chi connectivity index (χ1n) is 5.77. The molecule has 1 saturated heterocycles. The zero-order chi connectivity index (χ0) is 13.9. The van der Waals surface area contributed by atoms with Crippen LogP contribution in [0.1, 0.15) is 23.2 Å². The summed E-state index contributed by atoms with van der Waals surface area (Å²) in [6.07, 6.45) is 3.67. The Morgan fingerprint density at radius 2 is 2.37 bits per heavy atom. The highest BCUT2D eigenvalue weighted by atomic mass is 32.2. The van der Waals surface area contributed by atoms with Crippen molar-refractivity contribution in [2.45, 2.75) is 18.9 Å². The predicted octanol–water partition coefficient (Wildman–Crippen LogP) is 0.700. The van der Waals surface area contributed by atoms with Crippen molar-refractivity contribution in [2.24, 2.45) is 0 Å². The maximum absolute atomic E-state index is 11.9. The molecule has 0 bridgehead atoms. The lowest BCUT2D eigenvalue weighted by molar-refractivity contribution is 0.0698. The molecule has 1 fully saturated rings. The molecule has 104 valence electrons. The lowest BCUT2D eigenvalue weighted by Gasteiger charge is -2.13. The first-order chi connectivity index (χ1) is 8.98. The van der Waals surface area contributed by atoms with Gasteiger partial charge < -0.3 is 9.84 Å². The summed E-state index contributed by atoms with van der Waals surface area (Å²) >= 11 is 0. The second kappa shape index (κ2) is 5.54. The van der Waals surface area contributed by atoms with Crippen LogP contribution in [0.5, 0.6) is 0 Å². The molecule has 7 nitrogen and oxygen atoms in total. The summed E-state index contributed by atoms with van der Waals surface area (Å²) in [6, 6.07) is 1.24. The Hall–Kier alpha value is -1.67. The molecule has 0 spiro atoms. The molecule has 1 aromatic rings. The van der Waals surface area contributed by atoms with Gasteiger partial charge >= 0.3 is 5.97 Å². The molecule has 2 N–H and O–H groups in total. The number of nitrogens with one attached hydrogen (secondary N) is 1. The number of nitrogens with zero attached hydrogens (tertiary/aromatic N) is 1. The third-order valence-corrected chi connectivity index (χ3v) is 4.09. The third kappa shape index (κ3) is 3.65. The normalized spacial score (nSPS) is 19.3. The quantitative estimate of drug-likeness (QED) is 0.825. The number of ether oxygens (including phenoxy) is 1. The minimum absolute atomic E-state index is 0.0343. The molecule has 2 heterocycles. The SMILES string of the molecule is O=C(O)c1ccncc1NS(=O)(=O)CC1CCCO1. The molecule has 1 aliphatic heterocycles. The summed E-state index contributed by atoms with van der Waals surface area (Å²) < 4.78 is 31.3. The van der Waals surface area contributed by atoms with E-state index in [1.165, 1.54) is 18.5 Å². The molecule has 0 saturated carbocycles. The Labute approximate surface area is 110 Å². The number of hydrogen-bond acceptors (Lipinski definition) is 5. The first-order valence-corrected chi connectivity index (χ1v) is 7.42. The van der Waals surface area contributed by atoms with Gasteiger partial charge in [0.05, 0.1) is 29.3 Å². The van der Waals surface area contributed by atoms with E-state index in [-0.39, 0.29) is 23.1 Å². The van der Waals surface area contributed by atoms with Gasteiger partial charge in [-0.05, 0) is 18.9 Å². The lowest BCUT2D eigenvalue weighted by atomic mass is 10.2. The van der Waals surface area contributed by atoms with Crippen molar-refractivity contribution in [2.75, 3.05) is 17.1 Å². The van der Waals surface area contributed by atoms with Crippen LogP contribution in [0.3, 0.4) is 0 Å². The Morgan fingerprint density at radius 3 is 3.00 bits per heavy atom. The first kappa shape index (κ1) is 13.8. The zero-order valence-corrected chi connectivity index (χ0v) is 10.9. The monoisotopic (exact) mass is 286 g/mol. The van der Waals surface area contributed by atoms with Crippen molar-refractivity contribution in [1.29, 1.82) is 0 Å². The van der Waals surface area contributed by atoms with E-state index in [4.69, 9.17) is 9.84 Å². The van der Waals surface area contributed by atoms with Crippen LogP contribution in [0.4, 0.5) is 5.69 Å². The van der Waals surface area contributed by atoms with Crippen molar-refractivity contribution in [3.05, 3.63) is 24.0 Å². The maximum atomic E-state index is 11.9. The van der Waals surface area contributed by atoms with E-state index in [1.54, 1.807) is 0 Å². The van der Waals surface area contributed by atoms with Gasteiger partial charge in [-0.2, -0.15) is 0 Å². The molecule has 1 aliphatic rings. The van der Waals surface area contributed by atoms with E-state index in [9.17, 15) is 13.2 Å². The average Bonchev–Trinajstić information content (AvgIpc) is 2.80. The number of anilines is 1. The van der Waals surface area contributed by atoms with Gasteiger partial charge in [-0.1, -0.05) is 0 Å². The number of carboxylic acid groups (broad SMARTS) is 1. The van der Waals surface area contributed by atoms with Gasteiger partial charge in [-0.25, -0.2) is 13.2 Å². The second-order valence-electron chi connectivity index (χ2n) is 4.24. The van der Waals surface area contributed by atoms with Crippen molar-refractivity contribution in [3.8, 4) is 0 Å². The van der Waals surface area contributed by atoms with Crippen LogP contribution in [-0.2, 0) is 14.8 Å². The van der Waals surface area contributed by atoms with Gasteiger partial charge in [-0.3, -0.25) is 9.71 Å². The fourth-order valence-corrected chi connectivity index (χ4v) is 3.23. The average molecular weight is 286 g/mol. The fraction of sp³-hybridized carbons (Fsp3) is 0.455. The Balaban J connectivity index is 2.13. The fourth-order valence-electron chi connectivity index (χ4n) is 1.89. The Kier molecular flexibility index (Phi) is 4.01. The molecule has 1 atom stereocenters. The highest BCUT2D eigenvalue weighted by Gasteiger charge is 2.24. The van der Waals surface area contributed by atoms with E-state index in [2.05, 4.69) is 9.71 Å². The maximum Gasteiger partial charge on any atom is 0.337 e. The number of carboxylic acids is 1. The number of rotatable bonds is 5. The minimum atomic E-state index is -3.65. The van der Waals surface area contributed by atoms with Gasteiger partial charge in [-0.15, -0.1) is 0 Å². The molecule has 0 amide bonds. The number of pyridine rings is 1. The van der Waals surface area contributed by atoms with Crippen molar-refractivity contribution < 1.29 is 23.1 Å². The lowest BCUT2D eigenvalue weighted by Crippen LogP contribution is -2.26. The smallest absolute Gasteiger partial charge is 0.337 e. The van der Waals surface area contributed by atoms with E-state index >= 15 is 0 Å². The van der Waals surface area contributed by atoms with Gasteiger partial charge in [0.1, 0.15) is 0 Å². The molecule has 8 heteroatoms. The summed E-state index contributed by atoms with van der Waals surface area (Å²) in [5.41, 5.74) is -0.168. The molecular weight excluding hydrogens is 272 g/mol. The van der Waals surface area contributed by atoms with E-state index in [0.29, 0.717) is 13.0 Å². The Bertz CT molecular complexity index is 566. The highest BCUT2D eigenvalue weighted by molar-refractivity contribution is 7.92. The molecule has 0 aromatic carbocycles. The number of aromatic carboxylic acids is 1. The largest absolute Gasteiger partial charge is 0.478 e. The zero-order valence-electron chi connectivity index (χ0n) is 10.1. The predicted molar refractivity (Wildman–Crippen MR) is 67.6 cm³/mol. The number of hydrogen-bond donors (Lipinski definition) is 2. The van der Waals surface area contributed by atoms with Crippen LogP contribution in [0, 0.1) is 0 Å². The summed E-state index contributed by atoms with van der Waals surface area (Å²) in [4.78, 5) is 14.7. The summed E-state index contributed by atoms with van der Waals surface area (Å²) in [7, 11) is -3.65. The second-order valence-corrected chi connectivity index (χ2v) is 6.01. The van der Waals surface area contributed by atoms with Crippen molar-refractivity contribution >= 4 is 21.7 Å². The topological polar surface area (TPSA) is 106 Å². The molecule has 1 unspecified atom stereocenters. The van der Waals surface area contributed by atoms with Crippen LogP contribution in [-0.4, -0.2) is 42.9 Å². The summed E-state index contributed by atoms with van der Waals surface area (Å²) in [5, 5.41) is 8.96. The summed E-state index contributed by atoms with van der Waals surface area (Å²) in [6.45, 7) is 0.563. The standard InChI is InChI=1S/C11H14N2O5S/c14-11(15)9-3-4-12-6-10(9)13-19(16,17)7-8-2-1-5-18-8/h3-4,6,8,13H,1-2,5,7H2,(H,14,15). The molecule has 1 aromatic heterocycles. The molecule has 0 radical (unpaired) electrons. The van der Waals surface area contributed by atoms with Gasteiger partial charge in [0, 0.05) is 12.8 Å². The third-order valence-electron chi connectivity index (χ3n) is 2.75.